The van der Waals surface area contributed by atoms with Crippen LogP contribution in [0.15, 0.2) is 12.2 Å². The molecule has 4 heteroatoms. The summed E-state index contributed by atoms with van der Waals surface area (Å²) in [6.45, 7) is 10.2. The molecule has 0 aromatic heterocycles. The van der Waals surface area contributed by atoms with Crippen molar-refractivity contribution < 1.29 is 19.1 Å². The molecule has 0 aromatic carbocycles. The highest BCUT2D eigenvalue weighted by Gasteiger charge is 2.51. The van der Waals surface area contributed by atoms with Crippen LogP contribution < -0.4 is 0 Å². The SMILES string of the molecule is CCCCC(C)(C)C=C[C@H](OC(C)=O)[C@@H]1[C@H]2CC(=O)O[C@H]2C[C@H]1C. The molecule has 1 aliphatic carbocycles. The highest BCUT2D eigenvalue weighted by atomic mass is 16.6. The van der Waals surface area contributed by atoms with Crippen LogP contribution in [0.2, 0.25) is 0 Å². The first kappa shape index (κ1) is 19.0. The molecule has 5 atom stereocenters. The molecule has 1 saturated heterocycles. The second-order valence-corrected chi connectivity index (χ2v) is 8.21. The van der Waals surface area contributed by atoms with Crippen molar-refractivity contribution >= 4 is 11.9 Å². The Bertz CT molecular complexity index is 494. The van der Waals surface area contributed by atoms with Crippen molar-refractivity contribution in [1.29, 1.82) is 0 Å². The first-order valence-corrected chi connectivity index (χ1v) is 9.29. The zero-order valence-corrected chi connectivity index (χ0v) is 15.7. The molecule has 136 valence electrons. The molecule has 24 heavy (non-hydrogen) atoms. The molecule has 0 unspecified atom stereocenters. The van der Waals surface area contributed by atoms with Crippen molar-refractivity contribution in [3.63, 3.8) is 0 Å². The molecule has 0 spiro atoms. The number of carbonyl (C=O) groups excluding carboxylic acids is 2. The lowest BCUT2D eigenvalue weighted by Crippen LogP contribution is -2.32. The maximum absolute atomic E-state index is 11.6. The number of allylic oxidation sites excluding steroid dienone is 1. The van der Waals surface area contributed by atoms with Crippen LogP contribution in [-0.4, -0.2) is 24.1 Å². The van der Waals surface area contributed by atoms with Gasteiger partial charge >= 0.3 is 11.9 Å². The van der Waals surface area contributed by atoms with Gasteiger partial charge in [0.25, 0.3) is 0 Å². The first-order valence-electron chi connectivity index (χ1n) is 9.29. The van der Waals surface area contributed by atoms with Gasteiger partial charge in [-0.1, -0.05) is 46.6 Å². The van der Waals surface area contributed by atoms with Crippen LogP contribution in [0.25, 0.3) is 0 Å². The van der Waals surface area contributed by atoms with E-state index in [0.29, 0.717) is 12.3 Å². The summed E-state index contributed by atoms with van der Waals surface area (Å²) in [5.41, 5.74) is 0.0810. The molecule has 2 aliphatic rings. The number of hydrogen-bond acceptors (Lipinski definition) is 4. The van der Waals surface area contributed by atoms with E-state index < -0.39 is 0 Å². The number of rotatable bonds is 7. The zero-order chi connectivity index (χ0) is 17.9. The summed E-state index contributed by atoms with van der Waals surface area (Å²) in [7, 11) is 0. The van der Waals surface area contributed by atoms with E-state index in [2.05, 4.69) is 39.8 Å². The summed E-state index contributed by atoms with van der Waals surface area (Å²) in [5, 5.41) is 0. The second-order valence-electron chi connectivity index (χ2n) is 8.21. The summed E-state index contributed by atoms with van der Waals surface area (Å²) < 4.78 is 11.1. The molecular formula is C20H32O4. The topological polar surface area (TPSA) is 52.6 Å². The standard InChI is InChI=1S/C20H32O4/c1-6-7-9-20(4,5)10-8-16(23-14(3)21)19-13(2)11-17-15(19)12-18(22)24-17/h8,10,13,15-17,19H,6-7,9,11-12H2,1-5H3/t13-,15+,16+,17+,19+/m1/s1. The maximum atomic E-state index is 11.6. The summed E-state index contributed by atoms with van der Waals surface area (Å²) in [4.78, 5) is 23.3. The van der Waals surface area contributed by atoms with Gasteiger partial charge in [-0.15, -0.1) is 0 Å². The van der Waals surface area contributed by atoms with E-state index in [1.807, 2.05) is 0 Å². The third-order valence-electron chi connectivity index (χ3n) is 5.51. The normalized spacial score (nSPS) is 31.1. The number of unbranched alkanes of at least 4 members (excludes halogenated alkanes) is 1. The van der Waals surface area contributed by atoms with Crippen molar-refractivity contribution in [2.75, 3.05) is 0 Å². The number of esters is 2. The van der Waals surface area contributed by atoms with Gasteiger partial charge in [-0.2, -0.15) is 0 Å². The van der Waals surface area contributed by atoms with E-state index in [1.165, 1.54) is 19.8 Å². The first-order chi connectivity index (χ1) is 11.2. The quantitative estimate of drug-likeness (QED) is 0.514. The van der Waals surface area contributed by atoms with Crippen LogP contribution in [0.3, 0.4) is 0 Å². The van der Waals surface area contributed by atoms with Gasteiger partial charge < -0.3 is 9.47 Å². The molecule has 0 N–H and O–H groups in total. The van der Waals surface area contributed by atoms with Gasteiger partial charge in [0, 0.05) is 18.8 Å². The molecule has 0 radical (unpaired) electrons. The molecule has 1 aliphatic heterocycles. The monoisotopic (exact) mass is 336 g/mol. The molecule has 4 nitrogen and oxygen atoms in total. The number of fused-ring (bicyclic) bond motifs is 1. The average Bonchev–Trinajstić information content (AvgIpc) is 2.96. The Hall–Kier alpha value is -1.32. The van der Waals surface area contributed by atoms with Crippen LogP contribution in [0.5, 0.6) is 0 Å². The molecule has 0 amide bonds. The van der Waals surface area contributed by atoms with Crippen LogP contribution in [0, 0.1) is 23.2 Å². The predicted molar refractivity (Wildman–Crippen MR) is 93.3 cm³/mol. The van der Waals surface area contributed by atoms with Crippen molar-refractivity contribution in [2.24, 2.45) is 23.2 Å². The van der Waals surface area contributed by atoms with Gasteiger partial charge in [-0.05, 0) is 30.3 Å². The molecule has 2 rings (SSSR count). The van der Waals surface area contributed by atoms with Crippen LogP contribution in [-0.2, 0) is 19.1 Å². The number of ether oxygens (including phenoxy) is 2. The van der Waals surface area contributed by atoms with Crippen LogP contribution in [0.1, 0.15) is 66.7 Å². The minimum absolute atomic E-state index is 0.00272. The summed E-state index contributed by atoms with van der Waals surface area (Å²) in [5.74, 6) is 0.317. The molecule has 1 saturated carbocycles. The van der Waals surface area contributed by atoms with Crippen LogP contribution >= 0.6 is 0 Å². The Kier molecular flexibility index (Phi) is 6.11. The Morgan fingerprint density at radius 1 is 1.46 bits per heavy atom. The smallest absolute Gasteiger partial charge is 0.306 e. The average molecular weight is 336 g/mol. The Morgan fingerprint density at radius 3 is 2.79 bits per heavy atom. The minimum Gasteiger partial charge on any atom is -0.462 e. The molecule has 2 fully saturated rings. The van der Waals surface area contributed by atoms with Gasteiger partial charge in [0.1, 0.15) is 12.2 Å². The van der Waals surface area contributed by atoms with E-state index in [-0.39, 0.29) is 41.4 Å². The summed E-state index contributed by atoms with van der Waals surface area (Å²) in [6.07, 6.45) is 8.75. The van der Waals surface area contributed by atoms with E-state index in [1.54, 1.807) is 0 Å². The van der Waals surface area contributed by atoms with Gasteiger partial charge in [0.15, 0.2) is 0 Å². The molecule has 0 bridgehead atoms. The van der Waals surface area contributed by atoms with E-state index >= 15 is 0 Å². The highest BCUT2D eigenvalue weighted by molar-refractivity contribution is 5.72. The van der Waals surface area contributed by atoms with Crippen molar-refractivity contribution in [1.82, 2.24) is 0 Å². The van der Waals surface area contributed by atoms with Crippen molar-refractivity contribution in [3.05, 3.63) is 12.2 Å². The largest absolute Gasteiger partial charge is 0.462 e. The van der Waals surface area contributed by atoms with Gasteiger partial charge in [0.2, 0.25) is 0 Å². The van der Waals surface area contributed by atoms with Gasteiger partial charge in [0.05, 0.1) is 6.42 Å². The minimum atomic E-state index is -0.275. The molecule has 0 aromatic rings. The number of hydrogen-bond donors (Lipinski definition) is 0. The fraction of sp³-hybridized carbons (Fsp3) is 0.800. The Balaban J connectivity index is 2.15. The fourth-order valence-corrected chi connectivity index (χ4v) is 4.26. The van der Waals surface area contributed by atoms with E-state index in [4.69, 9.17) is 9.47 Å². The zero-order valence-electron chi connectivity index (χ0n) is 15.7. The Labute approximate surface area is 146 Å². The van der Waals surface area contributed by atoms with Crippen molar-refractivity contribution in [3.8, 4) is 0 Å². The van der Waals surface area contributed by atoms with Crippen LogP contribution in [0.4, 0.5) is 0 Å². The lowest BCUT2D eigenvalue weighted by Gasteiger charge is -2.29. The second kappa shape index (κ2) is 7.71. The van der Waals surface area contributed by atoms with E-state index in [9.17, 15) is 9.59 Å². The highest BCUT2D eigenvalue weighted by Crippen LogP contribution is 2.47. The molecule has 1 heterocycles. The van der Waals surface area contributed by atoms with Gasteiger partial charge in [-0.3, -0.25) is 9.59 Å². The molecular weight excluding hydrogens is 304 g/mol. The van der Waals surface area contributed by atoms with E-state index in [0.717, 1.165) is 12.8 Å². The maximum Gasteiger partial charge on any atom is 0.306 e. The number of carbonyl (C=O) groups is 2. The lowest BCUT2D eigenvalue weighted by atomic mass is 9.81. The predicted octanol–water partition coefficient (Wildman–Crippen LogP) is 4.28. The lowest BCUT2D eigenvalue weighted by molar-refractivity contribution is -0.147. The fourth-order valence-electron chi connectivity index (χ4n) is 4.26. The van der Waals surface area contributed by atoms with Crippen molar-refractivity contribution in [2.45, 2.75) is 78.9 Å². The summed E-state index contributed by atoms with van der Waals surface area (Å²) >= 11 is 0. The third kappa shape index (κ3) is 4.61. The summed E-state index contributed by atoms with van der Waals surface area (Å²) in [6, 6.07) is 0. The Morgan fingerprint density at radius 2 is 2.17 bits per heavy atom. The van der Waals surface area contributed by atoms with Gasteiger partial charge in [-0.25, -0.2) is 0 Å². The third-order valence-corrected chi connectivity index (χ3v) is 5.51.